The molecule has 1 heterocycles. The lowest BCUT2D eigenvalue weighted by Crippen LogP contribution is -2.32. The monoisotopic (exact) mass is 349 g/mol. The Bertz CT molecular complexity index is 826. The maximum Gasteiger partial charge on any atom is 0.178 e. The molecule has 1 aliphatic heterocycles. The minimum Gasteiger partial charge on any atom is -0.488 e. The maximum atomic E-state index is 14.0. The summed E-state index contributed by atoms with van der Waals surface area (Å²) in [5.41, 5.74) is 1.90. The Kier molecular flexibility index (Phi) is 4.60. The molecule has 0 amide bonds. The Morgan fingerprint density at radius 2 is 2.04 bits per heavy atom. The molecular weight excluding hydrogens is 329 g/mol. The molecule has 24 heavy (non-hydrogen) atoms. The van der Waals surface area contributed by atoms with Crippen molar-refractivity contribution in [1.29, 1.82) is 0 Å². The van der Waals surface area contributed by atoms with E-state index in [1.165, 1.54) is 17.7 Å². The van der Waals surface area contributed by atoms with Crippen LogP contribution in [0, 0.1) is 5.82 Å². The number of hydrogen-bond donors (Lipinski definition) is 1. The van der Waals surface area contributed by atoms with Gasteiger partial charge in [-0.1, -0.05) is 24.3 Å². The fourth-order valence-electron chi connectivity index (χ4n) is 2.88. The molecule has 2 aromatic rings. The van der Waals surface area contributed by atoms with Crippen molar-refractivity contribution in [2.45, 2.75) is 30.4 Å². The maximum absolute atomic E-state index is 14.0. The van der Waals surface area contributed by atoms with Crippen LogP contribution >= 0.6 is 0 Å². The van der Waals surface area contributed by atoms with Gasteiger partial charge in [-0.15, -0.1) is 0 Å². The van der Waals surface area contributed by atoms with E-state index in [0.29, 0.717) is 12.1 Å². The summed E-state index contributed by atoms with van der Waals surface area (Å²) in [5, 5.41) is 3.32. The van der Waals surface area contributed by atoms with Crippen LogP contribution in [-0.2, 0) is 16.3 Å². The quantitative estimate of drug-likeness (QED) is 0.902. The molecule has 0 fully saturated rings. The molecule has 128 valence electrons. The standard InChI is InChI=1S/C18H20FNO3S/c1-12(13-7-8-18(16(19)10-13)24(2,21)22)20-11-15-9-14-5-3-4-6-17(14)23-15/h3-8,10,12,15,20H,9,11H2,1-2H3/t12-,15+/m1/s1. The lowest BCUT2D eigenvalue weighted by molar-refractivity contribution is 0.222. The van der Waals surface area contributed by atoms with Crippen LogP contribution in [0.2, 0.25) is 0 Å². The Hall–Kier alpha value is -1.92. The molecule has 1 N–H and O–H groups in total. The average molecular weight is 349 g/mol. The summed E-state index contributed by atoms with van der Waals surface area (Å²) in [6, 6.07) is 12.1. The average Bonchev–Trinajstić information content (AvgIpc) is 2.94. The molecule has 0 aromatic heterocycles. The zero-order valence-electron chi connectivity index (χ0n) is 13.6. The summed E-state index contributed by atoms with van der Waals surface area (Å²) in [7, 11) is -3.55. The summed E-state index contributed by atoms with van der Waals surface area (Å²) < 4.78 is 42.8. The number of nitrogens with one attached hydrogen (secondary N) is 1. The molecular formula is C18H20FNO3S. The Morgan fingerprint density at radius 1 is 1.29 bits per heavy atom. The number of sulfone groups is 1. The summed E-state index contributed by atoms with van der Waals surface area (Å²) in [6.45, 7) is 2.54. The number of para-hydroxylation sites is 1. The van der Waals surface area contributed by atoms with Crippen LogP contribution in [0.25, 0.3) is 0 Å². The zero-order valence-corrected chi connectivity index (χ0v) is 14.4. The first-order valence-corrected chi connectivity index (χ1v) is 9.71. The highest BCUT2D eigenvalue weighted by atomic mass is 32.2. The van der Waals surface area contributed by atoms with Gasteiger partial charge in [0, 0.05) is 25.3 Å². The van der Waals surface area contributed by atoms with E-state index < -0.39 is 15.7 Å². The predicted molar refractivity (Wildman–Crippen MR) is 90.5 cm³/mol. The Morgan fingerprint density at radius 3 is 2.71 bits per heavy atom. The Labute approximate surface area is 141 Å². The van der Waals surface area contributed by atoms with E-state index in [1.807, 2.05) is 25.1 Å². The fourth-order valence-corrected chi connectivity index (χ4v) is 3.61. The van der Waals surface area contributed by atoms with E-state index in [4.69, 9.17) is 4.74 Å². The topological polar surface area (TPSA) is 55.4 Å². The van der Waals surface area contributed by atoms with Crippen molar-refractivity contribution < 1.29 is 17.5 Å². The number of hydrogen-bond acceptors (Lipinski definition) is 4. The van der Waals surface area contributed by atoms with Crippen molar-refractivity contribution in [2.24, 2.45) is 0 Å². The van der Waals surface area contributed by atoms with Gasteiger partial charge in [0.2, 0.25) is 0 Å². The van der Waals surface area contributed by atoms with Crippen LogP contribution in [0.3, 0.4) is 0 Å². The van der Waals surface area contributed by atoms with Crippen molar-refractivity contribution in [3.63, 3.8) is 0 Å². The summed E-state index contributed by atoms with van der Waals surface area (Å²) >= 11 is 0. The van der Waals surface area contributed by atoms with Crippen LogP contribution in [0.1, 0.15) is 24.1 Å². The van der Waals surface area contributed by atoms with Crippen molar-refractivity contribution >= 4 is 9.84 Å². The SMILES string of the molecule is C[C@@H](NC[C@@H]1Cc2ccccc2O1)c1ccc(S(C)(=O)=O)c(F)c1. The number of benzene rings is 2. The largest absolute Gasteiger partial charge is 0.488 e. The third-order valence-electron chi connectivity index (χ3n) is 4.22. The third-order valence-corrected chi connectivity index (χ3v) is 5.35. The lowest BCUT2D eigenvalue weighted by atomic mass is 10.1. The van der Waals surface area contributed by atoms with E-state index in [-0.39, 0.29) is 17.0 Å². The van der Waals surface area contributed by atoms with Gasteiger partial charge in [0.1, 0.15) is 22.6 Å². The predicted octanol–water partition coefficient (Wildman–Crippen LogP) is 2.88. The Balaban J connectivity index is 1.62. The molecule has 1 aliphatic rings. The summed E-state index contributed by atoms with van der Waals surface area (Å²) in [4.78, 5) is -0.270. The molecule has 0 saturated carbocycles. The minimum atomic E-state index is -3.55. The van der Waals surface area contributed by atoms with Crippen molar-refractivity contribution in [1.82, 2.24) is 5.32 Å². The molecule has 0 aliphatic carbocycles. The number of rotatable bonds is 5. The van der Waals surface area contributed by atoms with Gasteiger partial charge in [-0.3, -0.25) is 0 Å². The first kappa shape index (κ1) is 16.9. The molecule has 0 unspecified atom stereocenters. The number of ether oxygens (including phenoxy) is 1. The molecule has 4 nitrogen and oxygen atoms in total. The van der Waals surface area contributed by atoms with Gasteiger partial charge in [0.25, 0.3) is 0 Å². The highest BCUT2D eigenvalue weighted by Gasteiger charge is 2.23. The first-order valence-electron chi connectivity index (χ1n) is 7.82. The second-order valence-corrected chi connectivity index (χ2v) is 8.13. The van der Waals surface area contributed by atoms with E-state index in [0.717, 1.165) is 18.4 Å². The van der Waals surface area contributed by atoms with Crippen LogP contribution in [0.5, 0.6) is 5.75 Å². The van der Waals surface area contributed by atoms with Crippen LogP contribution in [0.4, 0.5) is 4.39 Å². The highest BCUT2D eigenvalue weighted by Crippen LogP contribution is 2.28. The lowest BCUT2D eigenvalue weighted by Gasteiger charge is -2.18. The molecule has 0 radical (unpaired) electrons. The van der Waals surface area contributed by atoms with Crippen molar-refractivity contribution in [2.75, 3.05) is 12.8 Å². The molecule has 2 aromatic carbocycles. The van der Waals surface area contributed by atoms with E-state index in [2.05, 4.69) is 11.4 Å². The zero-order chi connectivity index (χ0) is 17.3. The molecule has 0 spiro atoms. The fraction of sp³-hybridized carbons (Fsp3) is 0.333. The smallest absolute Gasteiger partial charge is 0.178 e. The molecule has 0 bridgehead atoms. The molecule has 0 saturated heterocycles. The van der Waals surface area contributed by atoms with Crippen molar-refractivity contribution in [3.8, 4) is 5.75 Å². The minimum absolute atomic E-state index is 0.0463. The highest BCUT2D eigenvalue weighted by molar-refractivity contribution is 7.90. The summed E-state index contributed by atoms with van der Waals surface area (Å²) in [5.74, 6) is 0.202. The van der Waals surface area contributed by atoms with Gasteiger partial charge < -0.3 is 10.1 Å². The first-order chi connectivity index (χ1) is 11.3. The van der Waals surface area contributed by atoms with Crippen molar-refractivity contribution in [3.05, 3.63) is 59.4 Å². The van der Waals surface area contributed by atoms with Gasteiger partial charge >= 0.3 is 0 Å². The number of halogens is 1. The number of fused-ring (bicyclic) bond motifs is 1. The third kappa shape index (κ3) is 3.60. The van der Waals surface area contributed by atoms with Crippen LogP contribution in [0.15, 0.2) is 47.4 Å². The molecule has 3 rings (SSSR count). The second kappa shape index (κ2) is 6.53. The second-order valence-electron chi connectivity index (χ2n) is 6.14. The van der Waals surface area contributed by atoms with Gasteiger partial charge in [0.05, 0.1) is 0 Å². The van der Waals surface area contributed by atoms with E-state index >= 15 is 0 Å². The van der Waals surface area contributed by atoms with E-state index in [9.17, 15) is 12.8 Å². The summed E-state index contributed by atoms with van der Waals surface area (Å²) in [6.07, 6.45) is 1.89. The van der Waals surface area contributed by atoms with E-state index in [1.54, 1.807) is 6.07 Å². The normalized spacial score (nSPS) is 18.0. The van der Waals surface area contributed by atoms with Gasteiger partial charge in [-0.2, -0.15) is 0 Å². The van der Waals surface area contributed by atoms with Gasteiger partial charge in [-0.25, -0.2) is 12.8 Å². The van der Waals surface area contributed by atoms with Crippen LogP contribution in [-0.4, -0.2) is 27.3 Å². The van der Waals surface area contributed by atoms with Crippen LogP contribution < -0.4 is 10.1 Å². The van der Waals surface area contributed by atoms with Gasteiger partial charge in [0.15, 0.2) is 9.84 Å². The molecule has 6 heteroatoms. The molecule has 2 atom stereocenters. The van der Waals surface area contributed by atoms with Gasteiger partial charge in [-0.05, 0) is 36.2 Å².